The predicted octanol–water partition coefficient (Wildman–Crippen LogP) is 3.24. The van der Waals surface area contributed by atoms with Gasteiger partial charge in [0.25, 0.3) is 0 Å². The standard InChI is InChI=1S/C26H43NO5/c1-15(4-7-22(30)27-14-23(31)32)18-5-6-19-24-20(9-11-26(18,19)3)25(2)10-8-17(28)12-16(25)13-21(24)29/h15-21,24,28-29H,4-14H2,1-3H3,(H,27,30)(H,31,32)/p-1/t15-,16+,17-,18-,19+,20+,21-,24+,25-,26+/m1/s1. The summed E-state index contributed by atoms with van der Waals surface area (Å²) < 4.78 is 0. The summed E-state index contributed by atoms with van der Waals surface area (Å²) in [5.74, 6) is 1.42. The molecule has 10 atom stereocenters. The highest BCUT2D eigenvalue weighted by Gasteiger charge is 2.62. The molecule has 0 saturated heterocycles. The van der Waals surface area contributed by atoms with Crippen molar-refractivity contribution in [2.75, 3.05) is 6.54 Å². The van der Waals surface area contributed by atoms with Gasteiger partial charge in [-0.3, -0.25) is 9.79 Å². The van der Waals surface area contributed by atoms with E-state index in [9.17, 15) is 20.1 Å². The van der Waals surface area contributed by atoms with Gasteiger partial charge < -0.3 is 20.4 Å². The number of carboxylic acid groups (broad SMARTS) is 1. The maximum absolute atomic E-state index is 12.0. The normalized spacial score (nSPS) is 47.3. The van der Waals surface area contributed by atoms with Crippen LogP contribution in [0.4, 0.5) is 0 Å². The van der Waals surface area contributed by atoms with Crippen LogP contribution in [0.15, 0.2) is 4.99 Å². The zero-order chi connectivity index (χ0) is 23.3. The van der Waals surface area contributed by atoms with Crippen LogP contribution in [0, 0.1) is 46.3 Å². The number of fused-ring (bicyclic) bond motifs is 5. The van der Waals surface area contributed by atoms with Gasteiger partial charge in [-0.15, -0.1) is 0 Å². The molecule has 0 aromatic carbocycles. The molecule has 32 heavy (non-hydrogen) atoms. The van der Waals surface area contributed by atoms with Crippen LogP contribution in [0.2, 0.25) is 0 Å². The minimum Gasteiger partial charge on any atom is -0.862 e. The lowest BCUT2D eigenvalue weighted by Gasteiger charge is -2.62. The van der Waals surface area contributed by atoms with Crippen molar-refractivity contribution in [2.45, 2.75) is 97.2 Å². The average Bonchev–Trinajstić information content (AvgIpc) is 3.09. The maximum atomic E-state index is 12.0. The molecule has 0 aromatic heterocycles. The number of rotatable bonds is 6. The van der Waals surface area contributed by atoms with E-state index >= 15 is 0 Å². The van der Waals surface area contributed by atoms with Crippen LogP contribution in [0.5, 0.6) is 0 Å². The number of hydrogen-bond donors (Lipinski definition) is 3. The molecule has 6 heteroatoms. The van der Waals surface area contributed by atoms with Gasteiger partial charge in [0.1, 0.15) is 6.54 Å². The van der Waals surface area contributed by atoms with Gasteiger partial charge in [0.2, 0.25) is 0 Å². The number of carboxylic acids is 1. The fraction of sp³-hybridized carbons (Fsp3) is 0.923. The van der Waals surface area contributed by atoms with E-state index in [0.717, 1.165) is 51.4 Å². The smallest absolute Gasteiger partial charge is 0.325 e. The molecule has 0 bridgehead atoms. The van der Waals surface area contributed by atoms with Crippen molar-refractivity contribution in [2.24, 2.45) is 51.3 Å². The highest BCUT2D eigenvalue weighted by molar-refractivity contribution is 5.76. The number of aliphatic hydroxyl groups excluding tert-OH is 2. The second-order valence-electron chi connectivity index (χ2n) is 12.1. The van der Waals surface area contributed by atoms with Crippen LogP contribution in [-0.4, -0.2) is 45.9 Å². The molecular formula is C26H42NO5-. The number of aliphatic hydroxyl groups is 2. The lowest BCUT2D eigenvalue weighted by molar-refractivity contribution is -0.219. The average molecular weight is 449 g/mol. The van der Waals surface area contributed by atoms with Crippen LogP contribution < -0.4 is 5.11 Å². The molecule has 0 aromatic rings. The van der Waals surface area contributed by atoms with E-state index in [1.165, 1.54) is 6.42 Å². The number of nitrogens with zero attached hydrogens (tertiary/aromatic N) is 1. The SMILES string of the molecule is C[C@H](CCC([O-])=NCC(=O)O)[C@H]1CC[C@H]2[C@@H]3[C@H](O)C[C@@H]4C[C@H](O)CC[C@@]4(C)[C@H]3CC[C@@]12C. The Morgan fingerprint density at radius 2 is 1.75 bits per heavy atom. The molecule has 0 spiro atoms. The van der Waals surface area contributed by atoms with Crippen LogP contribution in [0.3, 0.4) is 0 Å². The molecule has 182 valence electrons. The lowest BCUT2D eigenvalue weighted by atomic mass is 9.43. The third-order valence-electron chi connectivity index (χ3n) is 10.6. The summed E-state index contributed by atoms with van der Waals surface area (Å²) in [6, 6.07) is 0. The van der Waals surface area contributed by atoms with Crippen LogP contribution >= 0.6 is 0 Å². The van der Waals surface area contributed by atoms with E-state index in [-0.39, 0.29) is 28.9 Å². The molecule has 0 heterocycles. The molecule has 4 aliphatic carbocycles. The van der Waals surface area contributed by atoms with E-state index in [0.29, 0.717) is 41.9 Å². The monoisotopic (exact) mass is 448 g/mol. The highest BCUT2D eigenvalue weighted by atomic mass is 16.4. The number of carbonyl (C=O) groups is 1. The quantitative estimate of drug-likeness (QED) is 0.426. The molecule has 4 fully saturated rings. The Morgan fingerprint density at radius 3 is 2.47 bits per heavy atom. The Labute approximate surface area is 192 Å². The summed E-state index contributed by atoms with van der Waals surface area (Å²) in [6.45, 7) is 6.68. The summed E-state index contributed by atoms with van der Waals surface area (Å²) in [5.41, 5.74) is 0.437. The Bertz CT molecular complexity index is 740. The van der Waals surface area contributed by atoms with Crippen LogP contribution in [0.25, 0.3) is 0 Å². The van der Waals surface area contributed by atoms with E-state index in [1.54, 1.807) is 0 Å². The Balaban J connectivity index is 1.46. The number of aliphatic imine (C=N–C) groups is 1. The first-order valence-corrected chi connectivity index (χ1v) is 12.8. The summed E-state index contributed by atoms with van der Waals surface area (Å²) in [5, 5.41) is 42.3. The molecule has 4 rings (SSSR count). The second-order valence-corrected chi connectivity index (χ2v) is 12.1. The van der Waals surface area contributed by atoms with E-state index in [1.807, 2.05) is 0 Å². The summed E-state index contributed by atoms with van der Waals surface area (Å²) in [6.07, 6.45) is 8.92. The topological polar surface area (TPSA) is 113 Å². The summed E-state index contributed by atoms with van der Waals surface area (Å²) >= 11 is 0. The first-order chi connectivity index (χ1) is 15.1. The first-order valence-electron chi connectivity index (χ1n) is 12.8. The molecule has 0 unspecified atom stereocenters. The van der Waals surface area contributed by atoms with Gasteiger partial charge in [0.05, 0.1) is 12.2 Å². The summed E-state index contributed by atoms with van der Waals surface area (Å²) in [7, 11) is 0. The third-order valence-corrected chi connectivity index (χ3v) is 10.6. The minimum atomic E-state index is -1.07. The second kappa shape index (κ2) is 8.90. The van der Waals surface area contributed by atoms with Gasteiger partial charge in [0.15, 0.2) is 0 Å². The highest BCUT2D eigenvalue weighted by Crippen LogP contribution is 2.68. The van der Waals surface area contributed by atoms with Gasteiger partial charge in [0, 0.05) is 0 Å². The fourth-order valence-electron chi connectivity index (χ4n) is 8.96. The van der Waals surface area contributed by atoms with E-state index < -0.39 is 12.5 Å². The van der Waals surface area contributed by atoms with Crippen molar-refractivity contribution in [1.82, 2.24) is 0 Å². The van der Waals surface area contributed by atoms with Gasteiger partial charge in [-0.2, -0.15) is 0 Å². The van der Waals surface area contributed by atoms with Crippen molar-refractivity contribution in [3.05, 3.63) is 0 Å². The minimum absolute atomic E-state index is 0.195. The van der Waals surface area contributed by atoms with Crippen molar-refractivity contribution in [3.63, 3.8) is 0 Å². The molecule has 0 aliphatic heterocycles. The van der Waals surface area contributed by atoms with Gasteiger partial charge in [-0.05, 0) is 116 Å². The summed E-state index contributed by atoms with van der Waals surface area (Å²) in [4.78, 5) is 14.3. The Morgan fingerprint density at radius 1 is 1.06 bits per heavy atom. The molecule has 4 saturated carbocycles. The van der Waals surface area contributed by atoms with Crippen molar-refractivity contribution in [3.8, 4) is 0 Å². The van der Waals surface area contributed by atoms with Crippen LogP contribution in [-0.2, 0) is 4.79 Å². The van der Waals surface area contributed by atoms with E-state index in [2.05, 4.69) is 25.8 Å². The first kappa shape index (κ1) is 24.0. The number of hydrogen-bond acceptors (Lipinski definition) is 5. The molecule has 0 radical (unpaired) electrons. The van der Waals surface area contributed by atoms with Crippen LogP contribution in [0.1, 0.15) is 85.0 Å². The van der Waals surface area contributed by atoms with Crippen molar-refractivity contribution >= 4 is 11.9 Å². The molecular weight excluding hydrogens is 406 g/mol. The molecule has 3 N–H and O–H groups in total. The fourth-order valence-corrected chi connectivity index (χ4v) is 8.96. The molecule has 0 amide bonds. The van der Waals surface area contributed by atoms with Gasteiger partial charge in [-0.1, -0.05) is 20.8 Å². The predicted molar refractivity (Wildman–Crippen MR) is 121 cm³/mol. The van der Waals surface area contributed by atoms with Gasteiger partial charge in [-0.25, -0.2) is 0 Å². The van der Waals surface area contributed by atoms with E-state index in [4.69, 9.17) is 5.11 Å². The third kappa shape index (κ3) is 4.11. The maximum Gasteiger partial charge on any atom is 0.325 e. The van der Waals surface area contributed by atoms with Crippen molar-refractivity contribution in [1.29, 1.82) is 0 Å². The zero-order valence-corrected chi connectivity index (χ0v) is 20.0. The Kier molecular flexibility index (Phi) is 6.68. The Hall–Kier alpha value is -1.14. The zero-order valence-electron chi connectivity index (χ0n) is 20.0. The van der Waals surface area contributed by atoms with Crippen molar-refractivity contribution < 1.29 is 25.2 Å². The number of aliphatic carboxylic acids is 1. The largest absolute Gasteiger partial charge is 0.862 e. The molecule has 4 aliphatic rings. The van der Waals surface area contributed by atoms with Gasteiger partial charge >= 0.3 is 5.97 Å². The lowest BCUT2D eigenvalue weighted by Crippen LogP contribution is -2.58. The molecule has 6 nitrogen and oxygen atoms in total.